The average Bonchev–Trinajstić information content (AvgIpc) is 3.03. The maximum atomic E-state index is 5.91. The summed E-state index contributed by atoms with van der Waals surface area (Å²) in [6.45, 7) is 0.780. The minimum atomic E-state index is 0.367. The SMILES string of the molecule is COCC/C(=C\c1ccccc1)[C@@H]1C[C@H]1N. The van der Waals surface area contributed by atoms with Gasteiger partial charge in [-0.1, -0.05) is 42.0 Å². The van der Waals surface area contributed by atoms with Crippen molar-refractivity contribution in [2.45, 2.75) is 18.9 Å². The van der Waals surface area contributed by atoms with Gasteiger partial charge in [0.25, 0.3) is 0 Å². The van der Waals surface area contributed by atoms with E-state index in [-0.39, 0.29) is 0 Å². The molecule has 0 bridgehead atoms. The van der Waals surface area contributed by atoms with Gasteiger partial charge in [0.2, 0.25) is 0 Å². The van der Waals surface area contributed by atoms with E-state index in [4.69, 9.17) is 10.5 Å². The van der Waals surface area contributed by atoms with Crippen LogP contribution in [0.3, 0.4) is 0 Å². The Balaban J connectivity index is 2.08. The lowest BCUT2D eigenvalue weighted by molar-refractivity contribution is 0.201. The van der Waals surface area contributed by atoms with E-state index in [9.17, 15) is 0 Å². The van der Waals surface area contributed by atoms with E-state index in [1.54, 1.807) is 7.11 Å². The van der Waals surface area contributed by atoms with E-state index < -0.39 is 0 Å². The zero-order chi connectivity index (χ0) is 11.4. The third-order valence-corrected chi connectivity index (χ3v) is 3.06. The number of methoxy groups -OCH3 is 1. The van der Waals surface area contributed by atoms with Gasteiger partial charge >= 0.3 is 0 Å². The van der Waals surface area contributed by atoms with Crippen LogP contribution in [0.2, 0.25) is 0 Å². The van der Waals surface area contributed by atoms with Crippen molar-refractivity contribution < 1.29 is 4.74 Å². The predicted molar refractivity (Wildman–Crippen MR) is 67.0 cm³/mol. The highest BCUT2D eigenvalue weighted by molar-refractivity contribution is 5.54. The Hall–Kier alpha value is -1.12. The van der Waals surface area contributed by atoms with Gasteiger partial charge in [-0.2, -0.15) is 0 Å². The summed E-state index contributed by atoms with van der Waals surface area (Å²) >= 11 is 0. The fourth-order valence-corrected chi connectivity index (χ4v) is 1.99. The molecule has 0 unspecified atom stereocenters. The van der Waals surface area contributed by atoms with Crippen LogP contribution in [-0.4, -0.2) is 19.8 Å². The fourth-order valence-electron chi connectivity index (χ4n) is 1.99. The first-order chi connectivity index (χ1) is 7.81. The van der Waals surface area contributed by atoms with Crippen LogP contribution in [0.5, 0.6) is 0 Å². The summed E-state index contributed by atoms with van der Waals surface area (Å²) in [5.41, 5.74) is 8.60. The maximum absolute atomic E-state index is 5.91. The monoisotopic (exact) mass is 217 g/mol. The molecule has 2 nitrogen and oxygen atoms in total. The van der Waals surface area contributed by atoms with Gasteiger partial charge < -0.3 is 10.5 Å². The van der Waals surface area contributed by atoms with Crippen LogP contribution in [0.1, 0.15) is 18.4 Å². The van der Waals surface area contributed by atoms with Gasteiger partial charge in [0.05, 0.1) is 0 Å². The van der Waals surface area contributed by atoms with Gasteiger partial charge in [-0.15, -0.1) is 0 Å². The van der Waals surface area contributed by atoms with Gasteiger partial charge in [0.15, 0.2) is 0 Å². The Morgan fingerprint density at radius 2 is 2.12 bits per heavy atom. The fraction of sp³-hybridized carbons (Fsp3) is 0.429. The minimum Gasteiger partial charge on any atom is -0.384 e. The van der Waals surface area contributed by atoms with Crippen LogP contribution < -0.4 is 5.73 Å². The summed E-state index contributed by atoms with van der Waals surface area (Å²) in [5, 5.41) is 0. The quantitative estimate of drug-likeness (QED) is 0.822. The van der Waals surface area contributed by atoms with Gasteiger partial charge in [-0.25, -0.2) is 0 Å². The summed E-state index contributed by atoms with van der Waals surface area (Å²) in [6.07, 6.45) is 4.38. The second-order valence-electron chi connectivity index (χ2n) is 4.38. The number of ether oxygens (including phenoxy) is 1. The minimum absolute atomic E-state index is 0.367. The molecule has 0 spiro atoms. The van der Waals surface area contributed by atoms with Crippen molar-refractivity contribution >= 4 is 6.08 Å². The van der Waals surface area contributed by atoms with Crippen LogP contribution in [0.15, 0.2) is 35.9 Å². The zero-order valence-electron chi connectivity index (χ0n) is 9.73. The molecule has 2 heteroatoms. The third kappa shape index (κ3) is 2.94. The molecular weight excluding hydrogens is 198 g/mol. The molecule has 2 rings (SSSR count). The second-order valence-corrected chi connectivity index (χ2v) is 4.38. The first-order valence-electron chi connectivity index (χ1n) is 5.81. The number of benzene rings is 1. The number of hydrogen-bond donors (Lipinski definition) is 1. The van der Waals surface area contributed by atoms with Crippen molar-refractivity contribution in [1.29, 1.82) is 0 Å². The van der Waals surface area contributed by atoms with Crippen LogP contribution in [0, 0.1) is 5.92 Å². The lowest BCUT2D eigenvalue weighted by atomic mass is 10.0. The normalized spacial score (nSPS) is 24.5. The highest BCUT2D eigenvalue weighted by atomic mass is 16.5. The average molecular weight is 217 g/mol. The highest BCUT2D eigenvalue weighted by Gasteiger charge is 2.35. The Morgan fingerprint density at radius 3 is 2.69 bits per heavy atom. The molecule has 1 aliphatic carbocycles. The molecular formula is C14H19NO. The van der Waals surface area contributed by atoms with Crippen LogP contribution in [0.4, 0.5) is 0 Å². The van der Waals surface area contributed by atoms with E-state index >= 15 is 0 Å². The van der Waals surface area contributed by atoms with E-state index in [1.807, 2.05) is 6.07 Å². The van der Waals surface area contributed by atoms with Gasteiger partial charge in [-0.3, -0.25) is 0 Å². The zero-order valence-corrected chi connectivity index (χ0v) is 9.73. The van der Waals surface area contributed by atoms with Gasteiger partial charge in [-0.05, 0) is 24.3 Å². The van der Waals surface area contributed by atoms with Crippen LogP contribution >= 0.6 is 0 Å². The molecule has 0 radical (unpaired) electrons. The summed E-state index contributed by atoms with van der Waals surface area (Å²) < 4.78 is 5.14. The second kappa shape index (κ2) is 5.28. The van der Waals surface area contributed by atoms with E-state index in [2.05, 4.69) is 30.3 Å². The third-order valence-electron chi connectivity index (χ3n) is 3.06. The lowest BCUT2D eigenvalue weighted by Crippen LogP contribution is -2.05. The molecule has 1 aromatic rings. The van der Waals surface area contributed by atoms with Crippen molar-refractivity contribution in [3.8, 4) is 0 Å². The Kier molecular flexibility index (Phi) is 3.75. The van der Waals surface area contributed by atoms with Crippen molar-refractivity contribution in [2.75, 3.05) is 13.7 Å². The molecule has 1 fully saturated rings. The Bertz CT molecular complexity index is 358. The Morgan fingerprint density at radius 1 is 1.44 bits per heavy atom. The summed E-state index contributed by atoms with van der Waals surface area (Å²) in [6, 6.07) is 10.8. The Labute approximate surface area is 97.1 Å². The molecule has 0 amide bonds. The van der Waals surface area contributed by atoms with Crippen LogP contribution in [0.25, 0.3) is 6.08 Å². The molecule has 0 aromatic heterocycles. The molecule has 1 aromatic carbocycles. The number of rotatable bonds is 5. The summed E-state index contributed by atoms with van der Waals surface area (Å²) in [4.78, 5) is 0. The molecule has 2 N–H and O–H groups in total. The topological polar surface area (TPSA) is 35.2 Å². The molecule has 2 atom stereocenters. The highest BCUT2D eigenvalue weighted by Crippen LogP contribution is 2.38. The van der Waals surface area contributed by atoms with Crippen molar-refractivity contribution in [1.82, 2.24) is 0 Å². The summed E-state index contributed by atoms with van der Waals surface area (Å²) in [5.74, 6) is 0.579. The van der Waals surface area contributed by atoms with Crippen LogP contribution in [-0.2, 0) is 4.74 Å². The first-order valence-corrected chi connectivity index (χ1v) is 5.81. The molecule has 1 saturated carbocycles. The molecule has 0 aliphatic heterocycles. The maximum Gasteiger partial charge on any atom is 0.0499 e. The van der Waals surface area contributed by atoms with Crippen molar-refractivity contribution in [3.63, 3.8) is 0 Å². The largest absolute Gasteiger partial charge is 0.384 e. The van der Waals surface area contributed by atoms with Gasteiger partial charge in [0, 0.05) is 19.8 Å². The van der Waals surface area contributed by atoms with Crippen molar-refractivity contribution in [2.24, 2.45) is 11.7 Å². The smallest absolute Gasteiger partial charge is 0.0499 e. The molecule has 1 aliphatic rings. The number of nitrogens with two attached hydrogens (primary N) is 1. The molecule has 86 valence electrons. The van der Waals surface area contributed by atoms with E-state index in [0.717, 1.165) is 19.4 Å². The van der Waals surface area contributed by atoms with E-state index in [1.165, 1.54) is 11.1 Å². The summed E-state index contributed by atoms with van der Waals surface area (Å²) in [7, 11) is 1.74. The standard InChI is InChI=1S/C14H19NO/c1-16-8-7-12(13-10-14(13)15)9-11-5-3-2-4-6-11/h2-6,9,13-14H,7-8,10,15H2,1H3/b12-9+/t13-,14+/m0/s1. The number of hydrogen-bond acceptors (Lipinski definition) is 2. The molecule has 16 heavy (non-hydrogen) atoms. The predicted octanol–water partition coefficient (Wildman–Crippen LogP) is 2.45. The molecule has 0 heterocycles. The lowest BCUT2D eigenvalue weighted by Gasteiger charge is -2.06. The molecule has 0 saturated heterocycles. The van der Waals surface area contributed by atoms with E-state index in [0.29, 0.717) is 12.0 Å². The first kappa shape index (κ1) is 11.4. The van der Waals surface area contributed by atoms with Crippen molar-refractivity contribution in [3.05, 3.63) is 41.5 Å². The van der Waals surface area contributed by atoms with Gasteiger partial charge in [0.1, 0.15) is 0 Å².